The second-order valence-corrected chi connectivity index (χ2v) is 4.96. The number of nitrogens with one attached hydrogen (secondary N) is 1. The van der Waals surface area contributed by atoms with Crippen LogP contribution in [0, 0.1) is 0 Å². The van der Waals surface area contributed by atoms with Gasteiger partial charge in [0.25, 0.3) is 0 Å². The number of rotatable bonds is 0. The molecule has 0 aliphatic carbocycles. The van der Waals surface area contributed by atoms with E-state index in [0.29, 0.717) is 5.75 Å². The van der Waals surface area contributed by atoms with E-state index in [9.17, 15) is 5.11 Å². The largest absolute Gasteiger partial charge is 0.508 e. The topological polar surface area (TPSA) is 39.9 Å². The lowest BCUT2D eigenvalue weighted by Gasteiger charge is -1.99. The fourth-order valence-electron chi connectivity index (χ4n) is 2.77. The van der Waals surface area contributed by atoms with Crippen molar-refractivity contribution >= 4 is 32.6 Å². The number of aromatic amines is 1. The molecule has 2 aromatic carbocycles. The van der Waals surface area contributed by atoms with Gasteiger partial charge in [0.2, 0.25) is 0 Å². The molecule has 0 spiro atoms. The number of phenols is 1. The number of phenolic OH excluding ortho intramolecular Hbond substituents is 1. The van der Waals surface area contributed by atoms with E-state index in [-0.39, 0.29) is 0 Å². The van der Waals surface area contributed by atoms with Crippen molar-refractivity contribution < 1.29 is 9.67 Å². The predicted molar refractivity (Wildman–Crippen MR) is 76.2 cm³/mol. The third-order valence-electron chi connectivity index (χ3n) is 3.64. The molecule has 2 aromatic heterocycles. The highest BCUT2D eigenvalue weighted by molar-refractivity contribution is 6.20. The van der Waals surface area contributed by atoms with Crippen LogP contribution in [0.3, 0.4) is 0 Å². The fourth-order valence-corrected chi connectivity index (χ4v) is 2.77. The average Bonchev–Trinajstić information content (AvgIpc) is 2.76. The predicted octanol–water partition coefficient (Wildman–Crippen LogP) is 3.00. The Kier molecular flexibility index (Phi) is 1.90. The van der Waals surface area contributed by atoms with E-state index < -0.39 is 0 Å². The van der Waals surface area contributed by atoms with Crippen LogP contribution in [0.1, 0.15) is 0 Å². The van der Waals surface area contributed by atoms with E-state index >= 15 is 0 Å². The maximum Gasteiger partial charge on any atom is 0.176 e. The molecule has 3 nitrogen and oxygen atoms in total. The number of aromatic nitrogens is 2. The van der Waals surface area contributed by atoms with Gasteiger partial charge in [0, 0.05) is 38.6 Å². The van der Waals surface area contributed by atoms with Crippen LogP contribution in [0.2, 0.25) is 0 Å². The van der Waals surface area contributed by atoms with E-state index in [4.69, 9.17) is 0 Å². The van der Waals surface area contributed by atoms with Crippen LogP contribution in [0.15, 0.2) is 48.8 Å². The molecule has 0 saturated carbocycles. The van der Waals surface area contributed by atoms with E-state index in [0.717, 1.165) is 16.4 Å². The molecule has 4 aromatic rings. The lowest BCUT2D eigenvalue weighted by Crippen LogP contribution is -2.25. The van der Waals surface area contributed by atoms with E-state index in [2.05, 4.69) is 29.4 Å². The molecule has 3 heteroatoms. The Morgan fingerprint density at radius 1 is 1.00 bits per heavy atom. The first-order valence-corrected chi connectivity index (χ1v) is 6.25. The highest BCUT2D eigenvalue weighted by Crippen LogP contribution is 2.33. The molecule has 0 fully saturated rings. The Balaban J connectivity index is 2.30. The quantitative estimate of drug-likeness (QED) is 0.462. The number of benzene rings is 2. The molecule has 0 aliphatic rings. The zero-order chi connectivity index (χ0) is 13.0. The second kappa shape index (κ2) is 3.48. The monoisotopic (exact) mass is 249 g/mol. The molecular formula is C16H13N2O+. The van der Waals surface area contributed by atoms with Crippen molar-refractivity contribution in [3.8, 4) is 5.75 Å². The van der Waals surface area contributed by atoms with Crippen molar-refractivity contribution in [1.82, 2.24) is 4.98 Å². The highest BCUT2D eigenvalue weighted by Gasteiger charge is 2.10. The van der Waals surface area contributed by atoms with E-state index in [1.54, 1.807) is 6.07 Å². The molecule has 19 heavy (non-hydrogen) atoms. The van der Waals surface area contributed by atoms with Gasteiger partial charge in [-0.2, -0.15) is 0 Å². The summed E-state index contributed by atoms with van der Waals surface area (Å²) in [4.78, 5) is 3.39. The van der Waals surface area contributed by atoms with Gasteiger partial charge in [-0.15, -0.1) is 0 Å². The van der Waals surface area contributed by atoms with Crippen molar-refractivity contribution in [2.24, 2.45) is 7.05 Å². The van der Waals surface area contributed by atoms with Gasteiger partial charge in [-0.1, -0.05) is 0 Å². The average molecular weight is 249 g/mol. The Morgan fingerprint density at radius 2 is 1.84 bits per heavy atom. The summed E-state index contributed by atoms with van der Waals surface area (Å²) in [6.45, 7) is 0. The number of H-pyrrole nitrogens is 1. The summed E-state index contributed by atoms with van der Waals surface area (Å²) in [7, 11) is 2.02. The summed E-state index contributed by atoms with van der Waals surface area (Å²) in [5, 5.41) is 14.3. The molecule has 2 N–H and O–H groups in total. The molecule has 0 radical (unpaired) electrons. The Bertz CT molecular complexity index is 938. The van der Waals surface area contributed by atoms with Gasteiger partial charge < -0.3 is 10.1 Å². The minimum Gasteiger partial charge on any atom is -0.508 e. The third-order valence-corrected chi connectivity index (χ3v) is 3.64. The summed E-state index contributed by atoms with van der Waals surface area (Å²) in [5.74, 6) is 0.298. The summed E-state index contributed by atoms with van der Waals surface area (Å²) in [6.07, 6.45) is 4.15. The van der Waals surface area contributed by atoms with Gasteiger partial charge in [-0.3, -0.25) is 0 Å². The van der Waals surface area contributed by atoms with Gasteiger partial charge in [-0.05, 0) is 30.3 Å². The zero-order valence-corrected chi connectivity index (χ0v) is 10.5. The third kappa shape index (κ3) is 1.41. The molecule has 0 atom stereocenters. The number of hydrogen-bond donors (Lipinski definition) is 2. The van der Waals surface area contributed by atoms with Gasteiger partial charge in [0.1, 0.15) is 12.8 Å². The van der Waals surface area contributed by atoms with Crippen molar-refractivity contribution in [3.63, 3.8) is 0 Å². The number of hydrogen-bond acceptors (Lipinski definition) is 1. The van der Waals surface area contributed by atoms with Crippen LogP contribution in [0.25, 0.3) is 32.6 Å². The Hall–Kier alpha value is -2.55. The maximum atomic E-state index is 9.71. The van der Waals surface area contributed by atoms with Crippen molar-refractivity contribution in [3.05, 3.63) is 48.8 Å². The molecular weight excluding hydrogens is 236 g/mol. The normalized spacial score (nSPS) is 11.6. The van der Waals surface area contributed by atoms with E-state index in [1.807, 2.05) is 29.9 Å². The van der Waals surface area contributed by atoms with Crippen LogP contribution in [0.4, 0.5) is 0 Å². The minimum atomic E-state index is 0.298. The zero-order valence-electron chi connectivity index (χ0n) is 10.5. The first-order valence-electron chi connectivity index (χ1n) is 6.25. The maximum absolute atomic E-state index is 9.71. The first kappa shape index (κ1) is 10.4. The molecule has 4 rings (SSSR count). The summed E-state index contributed by atoms with van der Waals surface area (Å²) in [5.41, 5.74) is 2.15. The highest BCUT2D eigenvalue weighted by atomic mass is 16.3. The van der Waals surface area contributed by atoms with Crippen LogP contribution in [-0.2, 0) is 7.05 Å². The number of nitrogens with zero attached hydrogens (tertiary/aromatic N) is 1. The summed E-state index contributed by atoms with van der Waals surface area (Å²) >= 11 is 0. The number of aryl methyl sites for hydroxylation is 1. The Labute approximate surface area is 109 Å². The lowest BCUT2D eigenvalue weighted by molar-refractivity contribution is -0.670. The smallest absolute Gasteiger partial charge is 0.176 e. The Morgan fingerprint density at radius 3 is 2.74 bits per heavy atom. The SMILES string of the molecule is C[n+]1ccc2c(ccc3[nH]c4ccc(O)cc4c32)c1. The van der Waals surface area contributed by atoms with Gasteiger partial charge >= 0.3 is 0 Å². The van der Waals surface area contributed by atoms with Crippen LogP contribution in [0.5, 0.6) is 5.75 Å². The fraction of sp³-hybridized carbons (Fsp3) is 0.0625. The van der Waals surface area contributed by atoms with Crippen LogP contribution in [-0.4, -0.2) is 10.1 Å². The standard InChI is InChI=1S/C16H12N2O/c1-18-7-6-12-10(9-18)2-4-15-16(12)13-8-11(19)3-5-14(13)17-15/h2-9,19H,1H3/p+1. The van der Waals surface area contributed by atoms with Gasteiger partial charge in [-0.25, -0.2) is 4.57 Å². The number of aromatic hydroxyl groups is 1. The first-order chi connectivity index (χ1) is 9.22. The molecule has 2 heterocycles. The number of fused-ring (bicyclic) bond motifs is 5. The van der Waals surface area contributed by atoms with Gasteiger partial charge in [0.05, 0.1) is 0 Å². The molecule has 0 saturated heterocycles. The van der Waals surface area contributed by atoms with Crippen LogP contribution >= 0.6 is 0 Å². The molecule has 0 unspecified atom stereocenters. The summed E-state index contributed by atoms with van der Waals surface area (Å²) in [6, 6.07) is 11.8. The number of pyridine rings is 1. The minimum absolute atomic E-state index is 0.298. The van der Waals surface area contributed by atoms with Crippen molar-refractivity contribution in [1.29, 1.82) is 0 Å². The lowest BCUT2D eigenvalue weighted by atomic mass is 10.1. The molecule has 0 bridgehead atoms. The van der Waals surface area contributed by atoms with E-state index in [1.165, 1.54) is 16.2 Å². The molecule has 92 valence electrons. The molecule has 0 amide bonds. The molecule has 0 aliphatic heterocycles. The van der Waals surface area contributed by atoms with Crippen molar-refractivity contribution in [2.75, 3.05) is 0 Å². The van der Waals surface area contributed by atoms with Crippen molar-refractivity contribution in [2.45, 2.75) is 0 Å². The van der Waals surface area contributed by atoms with Crippen LogP contribution < -0.4 is 4.57 Å². The summed E-state index contributed by atoms with van der Waals surface area (Å²) < 4.78 is 2.04. The second-order valence-electron chi connectivity index (χ2n) is 4.96. The van der Waals surface area contributed by atoms with Gasteiger partial charge in [0.15, 0.2) is 12.4 Å².